The van der Waals surface area contributed by atoms with Crippen LogP contribution in [0.4, 0.5) is 10.6 Å². The maximum absolute atomic E-state index is 12.4. The number of urea groups is 1. The van der Waals surface area contributed by atoms with Crippen LogP contribution in [0.1, 0.15) is 23.2 Å². The van der Waals surface area contributed by atoms with Gasteiger partial charge in [-0.2, -0.15) is 0 Å². The van der Waals surface area contributed by atoms with Crippen molar-refractivity contribution in [2.24, 2.45) is 5.92 Å². The van der Waals surface area contributed by atoms with E-state index in [1.807, 2.05) is 4.90 Å². The van der Waals surface area contributed by atoms with E-state index in [1.165, 1.54) is 17.2 Å². The summed E-state index contributed by atoms with van der Waals surface area (Å²) in [5.41, 5.74) is 0.515. The van der Waals surface area contributed by atoms with Gasteiger partial charge in [0.2, 0.25) is 0 Å². The van der Waals surface area contributed by atoms with Crippen molar-refractivity contribution in [1.82, 2.24) is 14.6 Å². The highest BCUT2D eigenvalue weighted by Gasteiger charge is 2.32. The molecule has 0 spiro atoms. The molecular weight excluding hydrogens is 471 g/mol. The Balaban J connectivity index is 1.37. The number of nitrogens with zero attached hydrogens (tertiary/aromatic N) is 3. The van der Waals surface area contributed by atoms with Gasteiger partial charge in [0.15, 0.2) is 9.99 Å². The highest BCUT2D eigenvalue weighted by Crippen LogP contribution is 2.34. The molecule has 1 saturated heterocycles. The van der Waals surface area contributed by atoms with Gasteiger partial charge in [0, 0.05) is 43.9 Å². The van der Waals surface area contributed by atoms with Gasteiger partial charge in [-0.15, -0.1) is 11.3 Å². The fourth-order valence-corrected chi connectivity index (χ4v) is 6.14. The van der Waals surface area contributed by atoms with E-state index in [1.54, 1.807) is 11.4 Å². The molecule has 1 N–H and O–H groups in total. The van der Waals surface area contributed by atoms with Crippen LogP contribution in [0, 0.1) is 5.92 Å². The van der Waals surface area contributed by atoms with Crippen LogP contribution in [-0.4, -0.2) is 56.3 Å². The summed E-state index contributed by atoms with van der Waals surface area (Å²) in [7, 11) is -4.02. The Bertz CT molecular complexity index is 1090. The SMILES string of the molecule is O=C(c1cnc(N2CCN(C(=O)NS(=O)(=O)c3sccc3Cl)CC2)c(Cl)c1)C1CC1. The number of anilines is 1. The number of pyridine rings is 1. The van der Waals surface area contributed by atoms with E-state index in [9.17, 15) is 18.0 Å². The smallest absolute Gasteiger partial charge is 0.331 e. The Kier molecular flexibility index (Phi) is 5.93. The predicted molar refractivity (Wildman–Crippen MR) is 115 cm³/mol. The fourth-order valence-electron chi connectivity index (χ4n) is 3.20. The average Bonchev–Trinajstić information content (AvgIpc) is 3.47. The molecule has 1 aliphatic carbocycles. The van der Waals surface area contributed by atoms with E-state index in [-0.39, 0.29) is 20.9 Å². The Morgan fingerprint density at radius 2 is 1.83 bits per heavy atom. The second-order valence-corrected chi connectivity index (χ2v) is 10.7. The van der Waals surface area contributed by atoms with Crippen LogP contribution in [0.2, 0.25) is 10.0 Å². The van der Waals surface area contributed by atoms with Crippen LogP contribution in [0.5, 0.6) is 0 Å². The Morgan fingerprint density at radius 1 is 1.13 bits per heavy atom. The molecule has 0 bridgehead atoms. The lowest BCUT2D eigenvalue weighted by Crippen LogP contribution is -2.53. The van der Waals surface area contributed by atoms with E-state index in [0.717, 1.165) is 24.2 Å². The molecule has 1 saturated carbocycles. The molecule has 2 fully saturated rings. The van der Waals surface area contributed by atoms with E-state index in [0.29, 0.717) is 42.6 Å². The van der Waals surface area contributed by atoms with Crippen LogP contribution in [0.15, 0.2) is 27.9 Å². The number of rotatable bonds is 5. The highest BCUT2D eigenvalue weighted by molar-refractivity contribution is 7.92. The van der Waals surface area contributed by atoms with E-state index in [4.69, 9.17) is 23.2 Å². The average molecular weight is 489 g/mol. The van der Waals surface area contributed by atoms with Crippen LogP contribution >= 0.6 is 34.5 Å². The zero-order valence-electron chi connectivity index (χ0n) is 15.7. The van der Waals surface area contributed by atoms with Gasteiger partial charge >= 0.3 is 6.03 Å². The molecule has 30 heavy (non-hydrogen) atoms. The van der Waals surface area contributed by atoms with Gasteiger partial charge in [-0.3, -0.25) is 4.79 Å². The lowest BCUT2D eigenvalue weighted by molar-refractivity contribution is 0.0967. The number of ketones is 1. The number of hydrogen-bond acceptors (Lipinski definition) is 7. The zero-order valence-corrected chi connectivity index (χ0v) is 18.8. The Hall–Kier alpha value is -1.88. The molecule has 0 aromatic carbocycles. The van der Waals surface area contributed by atoms with Crippen molar-refractivity contribution in [2.75, 3.05) is 31.1 Å². The first-order chi connectivity index (χ1) is 14.3. The predicted octanol–water partition coefficient (Wildman–Crippen LogP) is 3.26. The van der Waals surface area contributed by atoms with Crippen LogP contribution in [0.25, 0.3) is 0 Å². The van der Waals surface area contributed by atoms with E-state index >= 15 is 0 Å². The molecule has 0 radical (unpaired) electrons. The number of carbonyl (C=O) groups excluding carboxylic acids is 2. The molecule has 0 unspecified atom stereocenters. The van der Waals surface area contributed by atoms with Crippen LogP contribution in [-0.2, 0) is 10.0 Å². The van der Waals surface area contributed by atoms with Gasteiger partial charge in [-0.1, -0.05) is 23.2 Å². The summed E-state index contributed by atoms with van der Waals surface area (Å²) < 4.78 is 26.6. The van der Waals surface area contributed by atoms with Crippen LogP contribution < -0.4 is 9.62 Å². The first kappa shape index (κ1) is 21.4. The van der Waals surface area contributed by atoms with Gasteiger partial charge in [0.1, 0.15) is 5.82 Å². The first-order valence-corrected chi connectivity index (χ1v) is 12.4. The van der Waals surface area contributed by atoms with Crippen molar-refractivity contribution in [3.8, 4) is 0 Å². The number of sulfonamides is 1. The van der Waals surface area contributed by atoms with Crippen molar-refractivity contribution in [3.63, 3.8) is 0 Å². The summed E-state index contributed by atoms with van der Waals surface area (Å²) in [5, 5.41) is 2.00. The maximum atomic E-state index is 12.4. The molecule has 12 heteroatoms. The lowest BCUT2D eigenvalue weighted by Gasteiger charge is -2.35. The number of amides is 2. The molecule has 2 aromatic rings. The van der Waals surface area contributed by atoms with Gasteiger partial charge in [0.25, 0.3) is 10.0 Å². The third-order valence-electron chi connectivity index (χ3n) is 4.97. The van der Waals surface area contributed by atoms with Crippen molar-refractivity contribution in [3.05, 3.63) is 39.3 Å². The normalized spacial score (nSPS) is 17.1. The maximum Gasteiger partial charge on any atom is 0.331 e. The molecule has 4 rings (SSSR count). The van der Waals surface area contributed by atoms with Crippen molar-refractivity contribution < 1.29 is 18.0 Å². The van der Waals surface area contributed by atoms with Crippen molar-refractivity contribution >= 4 is 62.2 Å². The minimum absolute atomic E-state index is 0.0736. The Morgan fingerprint density at radius 3 is 2.40 bits per heavy atom. The number of carbonyl (C=O) groups is 2. The second kappa shape index (κ2) is 8.33. The van der Waals surface area contributed by atoms with Crippen molar-refractivity contribution in [2.45, 2.75) is 17.1 Å². The van der Waals surface area contributed by atoms with Gasteiger partial charge in [0.05, 0.1) is 10.0 Å². The topological polar surface area (TPSA) is 99.7 Å². The number of hydrogen-bond donors (Lipinski definition) is 1. The van der Waals surface area contributed by atoms with Gasteiger partial charge in [-0.05, 0) is 30.4 Å². The third-order valence-corrected chi connectivity index (χ3v) is 8.59. The summed E-state index contributed by atoms with van der Waals surface area (Å²) >= 11 is 13.2. The third kappa shape index (κ3) is 4.41. The summed E-state index contributed by atoms with van der Waals surface area (Å²) in [6.07, 6.45) is 3.37. The molecule has 2 aromatic heterocycles. The number of piperazine rings is 1. The van der Waals surface area contributed by atoms with E-state index < -0.39 is 16.1 Å². The number of Topliss-reactive ketones (excluding diaryl/α,β-unsaturated/α-hetero) is 1. The molecule has 2 amide bonds. The highest BCUT2D eigenvalue weighted by atomic mass is 35.5. The molecule has 0 atom stereocenters. The van der Waals surface area contributed by atoms with E-state index in [2.05, 4.69) is 9.71 Å². The number of halogens is 2. The lowest BCUT2D eigenvalue weighted by atomic mass is 10.1. The standard InChI is InChI=1S/C18H18Cl2N4O4S2/c19-13-3-8-29-17(13)30(27,28)22-18(26)24-6-4-23(5-7-24)16-14(20)9-12(10-21-16)15(25)11-1-2-11/h3,8-11H,1-2,4-7H2,(H,22,26). The molecule has 2 aliphatic rings. The minimum Gasteiger partial charge on any atom is -0.352 e. The molecular formula is C18H18Cl2N4O4S2. The van der Waals surface area contributed by atoms with Crippen LogP contribution in [0.3, 0.4) is 0 Å². The van der Waals surface area contributed by atoms with Gasteiger partial charge < -0.3 is 9.80 Å². The summed E-state index contributed by atoms with van der Waals surface area (Å²) in [5.74, 6) is 0.711. The largest absolute Gasteiger partial charge is 0.352 e. The zero-order chi connectivity index (χ0) is 21.5. The molecule has 160 valence electrons. The quantitative estimate of drug-likeness (QED) is 0.648. The number of aromatic nitrogens is 1. The molecule has 8 nitrogen and oxygen atoms in total. The fraction of sp³-hybridized carbons (Fsp3) is 0.389. The minimum atomic E-state index is -4.02. The van der Waals surface area contributed by atoms with Crippen molar-refractivity contribution in [1.29, 1.82) is 0 Å². The monoisotopic (exact) mass is 488 g/mol. The second-order valence-electron chi connectivity index (χ2n) is 7.11. The first-order valence-electron chi connectivity index (χ1n) is 9.25. The van der Waals surface area contributed by atoms with Gasteiger partial charge in [-0.25, -0.2) is 22.9 Å². The molecule has 1 aliphatic heterocycles. The number of thiophene rings is 1. The number of nitrogens with one attached hydrogen (secondary N) is 1. The summed E-state index contributed by atoms with van der Waals surface area (Å²) in [6.45, 7) is 1.44. The summed E-state index contributed by atoms with van der Waals surface area (Å²) in [6, 6.07) is 2.40. The molecule has 3 heterocycles. The Labute approximate surface area is 187 Å². The summed E-state index contributed by atoms with van der Waals surface area (Å²) in [4.78, 5) is 32.3.